The molecule has 0 unspecified atom stereocenters. The Bertz CT molecular complexity index is 1840. The van der Waals surface area contributed by atoms with Gasteiger partial charge in [0.05, 0.1) is 50.0 Å². The van der Waals surface area contributed by atoms with Crippen LogP contribution in [0.2, 0.25) is 0 Å². The zero-order chi connectivity index (χ0) is 77.1. The molecule has 3 fully saturated rings. The van der Waals surface area contributed by atoms with E-state index in [-0.39, 0.29) is 68.7 Å². The summed E-state index contributed by atoms with van der Waals surface area (Å²) in [7, 11) is 30.5. The average molecular weight is 2040 g/mol. The van der Waals surface area contributed by atoms with Crippen molar-refractivity contribution in [2.75, 3.05) is 46.4 Å². The van der Waals surface area contributed by atoms with Crippen molar-refractivity contribution in [2.45, 2.75) is 252 Å². The summed E-state index contributed by atoms with van der Waals surface area (Å²) < 4.78 is 4.20. The predicted octanol–water partition coefficient (Wildman–Crippen LogP) is 13.3. The second-order valence-corrected chi connectivity index (χ2v) is 37.7. The molecule has 3 saturated carbocycles. The molecule has 3 rings (SSSR count). The number of carbonyl (C=O) groups excluding carboxylic acids is 4. The number of halogens is 6. The van der Waals surface area contributed by atoms with Gasteiger partial charge in [-0.2, -0.15) is 0 Å². The van der Waals surface area contributed by atoms with Gasteiger partial charge in [-0.3, -0.25) is 47.9 Å². The predicted molar refractivity (Wildman–Crippen MR) is 373 cm³/mol. The van der Waals surface area contributed by atoms with Crippen LogP contribution in [0.5, 0.6) is 0 Å². The number of carboxylic acid groups (broad SMARTS) is 6. The molecule has 0 aliphatic heterocycles. The third kappa shape index (κ3) is 78.4. The van der Waals surface area contributed by atoms with E-state index in [9.17, 15) is 47.9 Å². The van der Waals surface area contributed by atoms with Crippen LogP contribution in [0.3, 0.4) is 0 Å². The van der Waals surface area contributed by atoms with Crippen LogP contribution in [0.4, 0.5) is 0 Å². The molecule has 0 atom stereocenters. The number of carboxylic acids is 6. The Morgan fingerprint density at radius 2 is 0.463 bits per heavy atom. The van der Waals surface area contributed by atoms with Crippen LogP contribution in [0.1, 0.15) is 252 Å². The van der Waals surface area contributed by atoms with Gasteiger partial charge in [0.1, 0.15) is 17.3 Å². The van der Waals surface area contributed by atoms with Gasteiger partial charge in [0, 0.05) is 35.5 Å². The number of rotatable bonds is 18. The Balaban J connectivity index is -0.000000123. The number of esters is 1. The number of aliphatic carboxylic acids is 6. The van der Waals surface area contributed by atoms with Gasteiger partial charge in [0.15, 0.2) is 0 Å². The van der Waals surface area contributed by atoms with E-state index in [0.717, 1.165) is 39.3 Å². The fourth-order valence-corrected chi connectivity index (χ4v) is 7.48. The van der Waals surface area contributed by atoms with Gasteiger partial charge in [-0.1, -0.05) is 120 Å². The van der Waals surface area contributed by atoms with Gasteiger partial charge in [-0.25, -0.2) is 0 Å². The first-order chi connectivity index (χ1) is 43.3. The van der Waals surface area contributed by atoms with Crippen LogP contribution >= 0.6 is 56.5 Å². The van der Waals surface area contributed by atoms with Crippen molar-refractivity contribution >= 4 is 116 Å². The van der Waals surface area contributed by atoms with E-state index in [1.54, 1.807) is 104 Å². The molecule has 95 heavy (non-hydrogen) atoms. The summed E-state index contributed by atoms with van der Waals surface area (Å²) >= 11 is -1.42. The Morgan fingerprint density at radius 1 is 0.316 bits per heavy atom. The fourth-order valence-electron chi connectivity index (χ4n) is 7.48. The van der Waals surface area contributed by atoms with E-state index < -0.39 is 118 Å². The molecule has 3 aliphatic rings. The van der Waals surface area contributed by atoms with Gasteiger partial charge in [0.25, 0.3) is 0 Å². The Morgan fingerprint density at radius 3 is 0.558 bits per heavy atom. The SMILES string of the molecule is CC(C)(C)C(=O)CCC(=O)O.CC(C)(C)C(=O)CCC(=O)O.CC(C)(C)C(=O)CCC(=O)O.CC(C)(C)C(=O)O.CC(C)(C)C(=O)O.COC(=O)CCC(=O)O.NCC1(CN)CCCCC1.NCC1(CN)CCCCC1.NCC1(CN)CCCCC1.[Cl][Pt+2][Cl].[Cl][Pt+2][Cl].[Cl][Pt+2][Cl]. The first-order valence-electron chi connectivity index (χ1n) is 31.0. The molecular weight excluding hydrogens is 1910 g/mol. The van der Waals surface area contributed by atoms with Crippen molar-refractivity contribution in [3.63, 3.8) is 0 Å². The van der Waals surface area contributed by atoms with Crippen LogP contribution < -0.4 is 34.4 Å². The quantitative estimate of drug-likeness (QED) is 0.0567. The molecule has 3 aliphatic carbocycles. The fraction of sp³-hybridized carbons (Fsp3) is 0.841. The normalized spacial score (nSPS) is 14.8. The molecule has 18 N–H and O–H groups in total. The first-order valence-corrected chi connectivity index (χ1v) is 47.9. The summed E-state index contributed by atoms with van der Waals surface area (Å²) in [6.07, 6.45) is 19.6. The molecule has 574 valence electrons. The van der Waals surface area contributed by atoms with Crippen molar-refractivity contribution < 1.29 is 133 Å². The van der Waals surface area contributed by atoms with E-state index in [2.05, 4.69) is 4.74 Å². The Labute approximate surface area is 618 Å². The molecule has 0 aromatic heterocycles. The van der Waals surface area contributed by atoms with Crippen LogP contribution in [-0.4, -0.2) is 136 Å². The third-order valence-electron chi connectivity index (χ3n) is 14.6. The molecule has 0 amide bonds. The molecule has 0 radical (unpaired) electrons. The number of nitrogens with two attached hydrogens (primary N) is 6. The van der Waals surface area contributed by atoms with Crippen LogP contribution in [0.25, 0.3) is 0 Å². The van der Waals surface area contributed by atoms with E-state index in [4.69, 9.17) is 122 Å². The summed E-state index contributed by atoms with van der Waals surface area (Å²) in [5, 5.41) is 49.4. The van der Waals surface area contributed by atoms with Gasteiger partial charge >= 0.3 is 148 Å². The van der Waals surface area contributed by atoms with Gasteiger partial charge in [-0.05, 0) is 136 Å². The number of carbonyl (C=O) groups is 10. The molecule has 0 aromatic rings. The standard InChI is InChI=1S/3C8H18N2.3C8H14O3.C5H8O4.2C5H10O2.6ClH.3Pt/c3*9-6-8(7-10)4-2-1-3-5-8;3*1-8(2,3)6(9)4-5-7(10)11;1-9-5(8)3-2-4(6)7;2*1-5(2,3)4(6)7;;;;;;;;;/h3*1-7,9-10H2;3*4-5H2,1-3H3,(H,10,11);2-3H2,1H3,(H,6,7);2*1-3H3,(H,6,7);6*1H;;;/q;;;;;;;;;;;;;;;3*+4/p-6. The summed E-state index contributed by atoms with van der Waals surface area (Å²) in [6.45, 7) is 30.8. The minimum atomic E-state index is -0.986. The molecule has 0 saturated heterocycles. The number of ketones is 3. The number of hydrogen-bond donors (Lipinski definition) is 12. The summed E-state index contributed by atoms with van der Waals surface area (Å²) in [5.74, 6) is -5.73. The van der Waals surface area contributed by atoms with Crippen LogP contribution in [0.15, 0.2) is 0 Å². The Hall–Kier alpha value is -1.14. The monoisotopic (exact) mass is 2030 g/mol. The zero-order valence-corrected chi connectivity index (χ0v) is 70.7. The van der Waals surface area contributed by atoms with Crippen molar-refractivity contribution in [2.24, 2.45) is 77.7 Å². The molecular formula is C63H124Cl6N6O17Pt3+6. The summed E-state index contributed by atoms with van der Waals surface area (Å²) in [5.41, 5.74) is 32.6. The Kier molecular flexibility index (Phi) is 76.8. The van der Waals surface area contributed by atoms with Gasteiger partial charge in [0.2, 0.25) is 0 Å². The first kappa shape index (κ1) is 112. The number of methoxy groups -OCH3 is 1. The molecule has 0 heterocycles. The second kappa shape index (κ2) is 64.9. The number of hydrogen-bond acceptors (Lipinski definition) is 17. The minimum absolute atomic E-state index is 0.0000926. The van der Waals surface area contributed by atoms with Crippen molar-refractivity contribution in [1.82, 2.24) is 0 Å². The molecule has 0 bridgehead atoms. The number of Topliss-reactive ketones (excluding diaryl/α,β-unsaturated/α-hetero) is 3. The third-order valence-corrected chi connectivity index (χ3v) is 14.6. The average Bonchev–Trinajstić information content (AvgIpc) is 1.02. The molecule has 0 aromatic carbocycles. The molecule has 0 spiro atoms. The number of ether oxygens (including phenoxy) is 1. The van der Waals surface area contributed by atoms with Gasteiger partial charge < -0.3 is 69.8 Å². The summed E-state index contributed by atoms with van der Waals surface area (Å²) in [4.78, 5) is 104. The zero-order valence-electron chi connectivity index (χ0n) is 59.4. The van der Waals surface area contributed by atoms with E-state index in [1.165, 1.54) is 103 Å². The van der Waals surface area contributed by atoms with Crippen LogP contribution in [0, 0.1) is 43.3 Å². The van der Waals surface area contributed by atoms with E-state index >= 15 is 0 Å². The maximum atomic E-state index is 11.1. The van der Waals surface area contributed by atoms with Crippen molar-refractivity contribution in [3.05, 3.63) is 0 Å². The second-order valence-electron chi connectivity index (χ2n) is 27.8. The topological polar surface area (TPSA) is 457 Å². The molecule has 23 nitrogen and oxygen atoms in total. The molecule has 32 heteroatoms. The van der Waals surface area contributed by atoms with Gasteiger partial charge in [-0.15, -0.1) is 0 Å². The van der Waals surface area contributed by atoms with Crippen molar-refractivity contribution in [1.29, 1.82) is 0 Å². The van der Waals surface area contributed by atoms with Crippen molar-refractivity contribution in [3.8, 4) is 0 Å². The maximum absolute atomic E-state index is 11.1. The van der Waals surface area contributed by atoms with E-state index in [1.807, 2.05) is 0 Å². The van der Waals surface area contributed by atoms with Crippen LogP contribution in [-0.2, 0) is 102 Å². The van der Waals surface area contributed by atoms with E-state index in [0.29, 0.717) is 16.2 Å². The summed E-state index contributed by atoms with van der Waals surface area (Å²) in [6, 6.07) is 0.